The van der Waals surface area contributed by atoms with Gasteiger partial charge in [0.2, 0.25) is 11.8 Å². The number of fused-ring (bicyclic) bond motifs is 3. The number of para-hydroxylation sites is 1. The van der Waals surface area contributed by atoms with Gasteiger partial charge in [-0.2, -0.15) is 0 Å². The number of hydrogen-bond donors (Lipinski definition) is 2. The first-order chi connectivity index (χ1) is 16.7. The number of Topliss-reactive ketones (excluding diaryl/α,β-unsaturated/α-hetero) is 1. The summed E-state index contributed by atoms with van der Waals surface area (Å²) in [7, 11) is 0. The smallest absolute Gasteiger partial charge is 0.303 e. The SMILES string of the molecule is O=C(O)CCCN1C(=O)[C@H]2[C@H](CC=C3[C@H](c4ccccc4O)C4=C(C[C@H]32)C(=O)C(Br)=CC4=O)C1=O. The minimum Gasteiger partial charge on any atom is -0.508 e. The second kappa shape index (κ2) is 8.71. The molecule has 1 saturated heterocycles. The van der Waals surface area contributed by atoms with Crippen LogP contribution in [-0.2, 0) is 24.0 Å². The number of ketones is 2. The van der Waals surface area contributed by atoms with Gasteiger partial charge in [-0.15, -0.1) is 0 Å². The molecule has 1 heterocycles. The minimum atomic E-state index is -0.998. The van der Waals surface area contributed by atoms with Gasteiger partial charge in [0.25, 0.3) is 0 Å². The molecule has 4 atom stereocenters. The standard InChI is InChI=1S/C26H22BrNO7/c27-17-11-19(30)23-16(24(17)33)10-15-12(21(23)13-4-1-2-5-18(13)29)7-8-14-22(15)26(35)28(25(14)34)9-3-6-20(31)32/h1-2,4-5,7,11,14-15,21-22,29H,3,6,8-10H2,(H,31,32)/t14-,15+,21+,22-/m0/s1. The second-order valence-electron chi connectivity index (χ2n) is 9.28. The maximum absolute atomic E-state index is 13.5. The van der Waals surface area contributed by atoms with E-state index in [0.29, 0.717) is 23.1 Å². The Labute approximate surface area is 209 Å². The van der Waals surface area contributed by atoms with Crippen LogP contribution in [0.1, 0.15) is 37.2 Å². The summed E-state index contributed by atoms with van der Waals surface area (Å²) < 4.78 is 0.140. The van der Waals surface area contributed by atoms with E-state index >= 15 is 0 Å². The lowest BCUT2D eigenvalue weighted by Crippen LogP contribution is -2.39. The number of rotatable bonds is 5. The highest BCUT2D eigenvalue weighted by molar-refractivity contribution is 9.12. The third kappa shape index (κ3) is 3.69. The Hall–Kier alpha value is -3.33. The Morgan fingerprint density at radius 3 is 2.54 bits per heavy atom. The number of carbonyl (C=O) groups is 5. The van der Waals surface area contributed by atoms with Crippen molar-refractivity contribution in [2.75, 3.05) is 6.54 Å². The lowest BCUT2D eigenvalue weighted by atomic mass is 9.59. The number of likely N-dealkylation sites (tertiary alicyclic amines) is 1. The average Bonchev–Trinajstić information content (AvgIpc) is 3.06. The van der Waals surface area contributed by atoms with Gasteiger partial charge in [-0.25, -0.2) is 0 Å². The molecule has 0 unspecified atom stereocenters. The van der Waals surface area contributed by atoms with Gasteiger partial charge >= 0.3 is 5.97 Å². The fourth-order valence-corrected chi connectivity index (χ4v) is 6.41. The number of nitrogens with zero attached hydrogens (tertiary/aromatic N) is 1. The molecule has 9 heteroatoms. The lowest BCUT2D eigenvalue weighted by Gasteiger charge is -2.42. The number of aliphatic carboxylic acids is 1. The van der Waals surface area contributed by atoms with Crippen molar-refractivity contribution >= 4 is 45.3 Å². The molecule has 35 heavy (non-hydrogen) atoms. The number of carboxylic acids is 1. The molecule has 0 aromatic heterocycles. The van der Waals surface area contributed by atoms with E-state index in [4.69, 9.17) is 5.11 Å². The van der Waals surface area contributed by atoms with Crippen LogP contribution in [-0.4, -0.2) is 51.0 Å². The number of imide groups is 1. The summed E-state index contributed by atoms with van der Waals surface area (Å²) in [5.74, 6) is -4.88. The third-order valence-corrected chi connectivity index (χ3v) is 8.03. The molecule has 0 radical (unpaired) electrons. The van der Waals surface area contributed by atoms with Crippen molar-refractivity contribution in [1.29, 1.82) is 0 Å². The van der Waals surface area contributed by atoms with Crippen LogP contribution in [0.15, 0.2) is 57.6 Å². The average molecular weight is 540 g/mol. The molecule has 1 aromatic carbocycles. The Bertz CT molecular complexity index is 1290. The van der Waals surface area contributed by atoms with Crippen LogP contribution >= 0.6 is 15.9 Å². The first-order valence-corrected chi connectivity index (χ1v) is 12.2. The van der Waals surface area contributed by atoms with Crippen LogP contribution in [0.25, 0.3) is 0 Å². The van der Waals surface area contributed by atoms with Crippen molar-refractivity contribution < 1.29 is 34.2 Å². The van der Waals surface area contributed by atoms with Crippen LogP contribution in [0.5, 0.6) is 5.75 Å². The molecule has 2 N–H and O–H groups in total. The molecule has 8 nitrogen and oxygen atoms in total. The molecule has 0 saturated carbocycles. The van der Waals surface area contributed by atoms with Crippen molar-refractivity contribution in [2.45, 2.75) is 31.6 Å². The molecular weight excluding hydrogens is 518 g/mol. The molecule has 2 amide bonds. The maximum atomic E-state index is 13.5. The van der Waals surface area contributed by atoms with E-state index in [1.807, 2.05) is 6.08 Å². The number of carbonyl (C=O) groups excluding carboxylic acids is 4. The zero-order valence-corrected chi connectivity index (χ0v) is 20.2. The summed E-state index contributed by atoms with van der Waals surface area (Å²) >= 11 is 3.18. The fourth-order valence-electron chi connectivity index (χ4n) is 5.97. The van der Waals surface area contributed by atoms with E-state index in [9.17, 15) is 29.1 Å². The van der Waals surface area contributed by atoms with E-state index in [-0.39, 0.29) is 59.4 Å². The largest absolute Gasteiger partial charge is 0.508 e. The topological polar surface area (TPSA) is 129 Å². The van der Waals surface area contributed by atoms with Crippen molar-refractivity contribution in [3.63, 3.8) is 0 Å². The normalized spacial score (nSPS) is 27.9. The van der Waals surface area contributed by atoms with Crippen LogP contribution in [0, 0.1) is 17.8 Å². The van der Waals surface area contributed by atoms with Gasteiger partial charge in [0.1, 0.15) is 5.75 Å². The highest BCUT2D eigenvalue weighted by Crippen LogP contribution is 2.56. The number of allylic oxidation sites excluding steroid dienone is 6. The number of carboxylic acid groups (broad SMARTS) is 1. The van der Waals surface area contributed by atoms with E-state index in [2.05, 4.69) is 15.9 Å². The highest BCUT2D eigenvalue weighted by Gasteiger charge is 2.56. The van der Waals surface area contributed by atoms with Gasteiger partial charge in [0.15, 0.2) is 11.6 Å². The number of aromatic hydroxyl groups is 1. The van der Waals surface area contributed by atoms with Crippen molar-refractivity contribution in [2.24, 2.45) is 17.8 Å². The van der Waals surface area contributed by atoms with Gasteiger partial charge < -0.3 is 10.2 Å². The van der Waals surface area contributed by atoms with Gasteiger partial charge in [-0.3, -0.25) is 28.9 Å². The van der Waals surface area contributed by atoms with E-state index in [1.165, 1.54) is 12.1 Å². The number of hydrogen-bond acceptors (Lipinski definition) is 6. The van der Waals surface area contributed by atoms with Crippen molar-refractivity contribution in [3.8, 4) is 5.75 Å². The van der Waals surface area contributed by atoms with Crippen LogP contribution in [0.2, 0.25) is 0 Å². The molecule has 1 aliphatic heterocycles. The lowest BCUT2D eigenvalue weighted by molar-refractivity contribution is -0.142. The minimum absolute atomic E-state index is 0.0222. The zero-order chi connectivity index (χ0) is 25.0. The molecular formula is C26H22BrNO7. The summed E-state index contributed by atoms with van der Waals surface area (Å²) in [6.45, 7) is 0.0293. The number of phenols is 1. The maximum Gasteiger partial charge on any atom is 0.303 e. The van der Waals surface area contributed by atoms with E-state index in [1.54, 1.807) is 18.2 Å². The summed E-state index contributed by atoms with van der Waals surface area (Å²) in [6.07, 6.45) is 3.57. The Kier molecular flexibility index (Phi) is 5.83. The molecule has 4 aliphatic rings. The van der Waals surface area contributed by atoms with Crippen molar-refractivity contribution in [1.82, 2.24) is 4.90 Å². The number of benzene rings is 1. The molecule has 0 bridgehead atoms. The van der Waals surface area contributed by atoms with E-state index < -0.39 is 29.6 Å². The molecule has 5 rings (SSSR count). The first-order valence-electron chi connectivity index (χ1n) is 11.4. The van der Waals surface area contributed by atoms with Crippen LogP contribution in [0.4, 0.5) is 0 Å². The number of amides is 2. The summed E-state index contributed by atoms with van der Waals surface area (Å²) in [6, 6.07) is 6.62. The Morgan fingerprint density at radius 1 is 1.09 bits per heavy atom. The summed E-state index contributed by atoms with van der Waals surface area (Å²) in [5.41, 5.74) is 1.82. The number of halogens is 1. The molecule has 1 fully saturated rings. The molecule has 3 aliphatic carbocycles. The molecule has 180 valence electrons. The van der Waals surface area contributed by atoms with Crippen LogP contribution in [0.3, 0.4) is 0 Å². The quantitative estimate of drug-likeness (QED) is 0.334. The Balaban J connectivity index is 1.58. The predicted molar refractivity (Wildman–Crippen MR) is 126 cm³/mol. The fraction of sp³-hybridized carbons (Fsp3) is 0.346. The molecule has 0 spiro atoms. The number of phenolic OH excluding ortho intramolecular Hbond substituents is 1. The Morgan fingerprint density at radius 2 is 1.83 bits per heavy atom. The first kappa shape index (κ1) is 23.4. The monoisotopic (exact) mass is 539 g/mol. The highest BCUT2D eigenvalue weighted by atomic mass is 79.9. The summed E-state index contributed by atoms with van der Waals surface area (Å²) in [5, 5.41) is 19.6. The van der Waals surface area contributed by atoms with Gasteiger partial charge in [-0.05, 0) is 47.2 Å². The predicted octanol–water partition coefficient (Wildman–Crippen LogP) is 3.02. The van der Waals surface area contributed by atoms with Gasteiger partial charge in [-0.1, -0.05) is 29.8 Å². The van der Waals surface area contributed by atoms with Crippen molar-refractivity contribution in [3.05, 3.63) is 63.2 Å². The zero-order valence-electron chi connectivity index (χ0n) is 18.6. The van der Waals surface area contributed by atoms with Gasteiger partial charge in [0.05, 0.1) is 16.3 Å². The second-order valence-corrected chi connectivity index (χ2v) is 10.1. The third-order valence-electron chi connectivity index (χ3n) is 7.44. The van der Waals surface area contributed by atoms with E-state index in [0.717, 1.165) is 10.5 Å². The molecule has 1 aromatic rings. The van der Waals surface area contributed by atoms with Crippen LogP contribution < -0.4 is 0 Å². The summed E-state index contributed by atoms with van der Waals surface area (Å²) in [4.78, 5) is 64.8. The van der Waals surface area contributed by atoms with Gasteiger partial charge in [0, 0.05) is 41.7 Å².